The number of ether oxygens (including phenoxy) is 2. The predicted molar refractivity (Wildman–Crippen MR) is 166 cm³/mol. The number of benzene rings is 3. The van der Waals surface area contributed by atoms with E-state index in [0.717, 1.165) is 20.3 Å². The molecular weight excluding hydrogens is 678 g/mol. The maximum Gasteiger partial charge on any atom is 0.338 e. The van der Waals surface area contributed by atoms with E-state index in [1.165, 1.54) is 23.5 Å². The topological polar surface area (TPSA) is 69.9 Å². The van der Waals surface area contributed by atoms with Crippen LogP contribution in [-0.4, -0.2) is 17.1 Å². The molecule has 0 spiro atoms. The van der Waals surface area contributed by atoms with E-state index in [9.17, 15) is 14.0 Å². The Kier molecular flexibility index (Phi) is 8.77. The Morgan fingerprint density at radius 3 is 2.54 bits per heavy atom. The van der Waals surface area contributed by atoms with Crippen molar-refractivity contribution < 1.29 is 18.7 Å². The number of carbonyl (C=O) groups is 1. The quantitative estimate of drug-likeness (QED) is 0.173. The number of hydrogen-bond donors (Lipinski definition) is 0. The van der Waals surface area contributed by atoms with E-state index in [4.69, 9.17) is 21.1 Å². The van der Waals surface area contributed by atoms with Crippen molar-refractivity contribution in [2.75, 3.05) is 6.61 Å². The lowest BCUT2D eigenvalue weighted by Gasteiger charge is -2.24. The molecule has 2 heterocycles. The van der Waals surface area contributed by atoms with E-state index < -0.39 is 12.0 Å². The predicted octanol–water partition coefficient (Wildman–Crippen LogP) is 6.08. The summed E-state index contributed by atoms with van der Waals surface area (Å²) in [5.41, 5.74) is 3.78. The number of hydrogen-bond acceptors (Lipinski definition) is 6. The number of esters is 1. The van der Waals surface area contributed by atoms with Crippen molar-refractivity contribution in [1.82, 2.24) is 4.57 Å². The number of fused-ring (bicyclic) bond motifs is 1. The molecule has 0 radical (unpaired) electrons. The van der Waals surface area contributed by atoms with Gasteiger partial charge in [-0.2, -0.15) is 0 Å². The zero-order valence-electron chi connectivity index (χ0n) is 22.4. The standard InChI is InChI=1S/C31H25ClFIN2O4S/c1-4-39-30(38)26-18(3)35-31-36(27(26)20-9-5-17(2)6-10-20)29(37)25(41-31)14-21-13-22(32)15-24(34)28(21)40-16-19-7-11-23(33)12-8-19/h5-15,27H,4,16H2,1-3H3/b25-14-/t27-/m1/s1. The molecule has 3 aromatic carbocycles. The zero-order valence-corrected chi connectivity index (χ0v) is 26.1. The Morgan fingerprint density at radius 1 is 1.15 bits per heavy atom. The molecule has 0 fully saturated rings. The minimum atomic E-state index is -0.693. The van der Waals surface area contributed by atoms with E-state index in [0.29, 0.717) is 36.9 Å². The van der Waals surface area contributed by atoms with Crippen LogP contribution in [0.3, 0.4) is 0 Å². The molecule has 0 bridgehead atoms. The number of nitrogens with zero attached hydrogens (tertiary/aromatic N) is 2. The Hall–Kier alpha value is -3.28. The summed E-state index contributed by atoms with van der Waals surface area (Å²) in [6, 6.07) is 16.6. The maximum atomic E-state index is 14.0. The third-order valence-electron chi connectivity index (χ3n) is 6.53. The lowest BCUT2D eigenvalue weighted by Crippen LogP contribution is -2.39. The second kappa shape index (κ2) is 12.3. The highest BCUT2D eigenvalue weighted by atomic mass is 127. The lowest BCUT2D eigenvalue weighted by molar-refractivity contribution is -0.139. The van der Waals surface area contributed by atoms with Crippen LogP contribution in [0.4, 0.5) is 4.39 Å². The second-order valence-electron chi connectivity index (χ2n) is 9.43. The fourth-order valence-electron chi connectivity index (χ4n) is 4.57. The van der Waals surface area contributed by atoms with Crippen molar-refractivity contribution in [3.05, 3.63) is 128 Å². The van der Waals surface area contributed by atoms with Gasteiger partial charge in [-0.3, -0.25) is 9.36 Å². The smallest absolute Gasteiger partial charge is 0.338 e. The summed E-state index contributed by atoms with van der Waals surface area (Å²) >= 11 is 9.76. The fourth-order valence-corrected chi connectivity index (χ4v) is 6.82. The summed E-state index contributed by atoms with van der Waals surface area (Å²) < 4.78 is 27.6. The third kappa shape index (κ3) is 6.17. The van der Waals surface area contributed by atoms with Crippen LogP contribution in [0.15, 0.2) is 81.7 Å². The van der Waals surface area contributed by atoms with Gasteiger partial charge in [0.2, 0.25) is 0 Å². The van der Waals surface area contributed by atoms with Gasteiger partial charge >= 0.3 is 5.97 Å². The van der Waals surface area contributed by atoms with E-state index in [2.05, 4.69) is 27.6 Å². The zero-order chi connectivity index (χ0) is 29.3. The minimum Gasteiger partial charge on any atom is -0.487 e. The van der Waals surface area contributed by atoms with Crippen LogP contribution in [0.5, 0.6) is 5.75 Å². The maximum absolute atomic E-state index is 14.0. The van der Waals surface area contributed by atoms with Crippen molar-refractivity contribution >= 4 is 57.6 Å². The first-order valence-corrected chi connectivity index (χ1v) is 15.1. The molecule has 0 amide bonds. The summed E-state index contributed by atoms with van der Waals surface area (Å²) in [6.07, 6.45) is 1.73. The molecule has 41 heavy (non-hydrogen) atoms. The monoisotopic (exact) mass is 702 g/mol. The average molecular weight is 703 g/mol. The molecule has 4 aromatic rings. The fraction of sp³-hybridized carbons (Fsp3) is 0.194. The molecule has 6 nitrogen and oxygen atoms in total. The number of halogens is 3. The largest absolute Gasteiger partial charge is 0.487 e. The second-order valence-corrected chi connectivity index (χ2v) is 12.0. The molecular formula is C31H25ClFIN2O4S. The van der Waals surface area contributed by atoms with Gasteiger partial charge in [-0.1, -0.05) is 64.9 Å². The minimum absolute atomic E-state index is 0.203. The molecule has 0 N–H and O–H groups in total. The van der Waals surface area contributed by atoms with Gasteiger partial charge in [0, 0.05) is 10.6 Å². The molecule has 0 unspecified atom stereocenters. The van der Waals surface area contributed by atoms with Gasteiger partial charge in [-0.15, -0.1) is 0 Å². The summed E-state index contributed by atoms with van der Waals surface area (Å²) in [7, 11) is 0. The summed E-state index contributed by atoms with van der Waals surface area (Å²) in [4.78, 5) is 32.2. The van der Waals surface area contributed by atoms with Crippen LogP contribution < -0.4 is 19.6 Å². The van der Waals surface area contributed by atoms with Gasteiger partial charge < -0.3 is 9.47 Å². The van der Waals surface area contributed by atoms with Crippen LogP contribution >= 0.6 is 45.5 Å². The van der Waals surface area contributed by atoms with Crippen molar-refractivity contribution in [2.45, 2.75) is 33.4 Å². The number of thiazole rings is 1. The molecule has 1 atom stereocenters. The molecule has 0 saturated heterocycles. The van der Waals surface area contributed by atoms with Gasteiger partial charge in [-0.25, -0.2) is 14.2 Å². The Morgan fingerprint density at radius 2 is 1.85 bits per heavy atom. The molecule has 1 aliphatic rings. The lowest BCUT2D eigenvalue weighted by atomic mass is 9.95. The van der Waals surface area contributed by atoms with Gasteiger partial charge in [0.1, 0.15) is 18.2 Å². The summed E-state index contributed by atoms with van der Waals surface area (Å²) in [5.74, 6) is -0.283. The molecule has 1 aromatic heterocycles. The van der Waals surface area contributed by atoms with Crippen LogP contribution in [-0.2, 0) is 16.1 Å². The van der Waals surface area contributed by atoms with Crippen LogP contribution in [0.1, 0.15) is 42.1 Å². The van der Waals surface area contributed by atoms with E-state index in [1.807, 2.05) is 31.2 Å². The van der Waals surface area contributed by atoms with Crippen molar-refractivity contribution in [2.24, 2.45) is 4.99 Å². The molecule has 1 aliphatic heterocycles. The highest BCUT2D eigenvalue weighted by molar-refractivity contribution is 14.1. The van der Waals surface area contributed by atoms with Crippen LogP contribution in [0.2, 0.25) is 5.02 Å². The molecule has 5 rings (SSSR count). The molecule has 0 saturated carbocycles. The molecule has 10 heteroatoms. The normalized spacial score (nSPS) is 15.0. The average Bonchev–Trinajstić information content (AvgIpc) is 3.23. The number of aryl methyl sites for hydroxylation is 1. The number of allylic oxidation sites excluding steroid dienone is 1. The van der Waals surface area contributed by atoms with E-state index in [-0.39, 0.29) is 24.6 Å². The number of carbonyl (C=O) groups excluding carboxylic acids is 1. The van der Waals surface area contributed by atoms with Crippen LogP contribution in [0, 0.1) is 16.3 Å². The van der Waals surface area contributed by atoms with Crippen molar-refractivity contribution in [1.29, 1.82) is 0 Å². The first kappa shape index (κ1) is 29.2. The van der Waals surface area contributed by atoms with E-state index >= 15 is 0 Å². The number of rotatable bonds is 7. The first-order valence-electron chi connectivity index (χ1n) is 12.8. The van der Waals surface area contributed by atoms with Gasteiger partial charge in [0.25, 0.3) is 5.56 Å². The summed E-state index contributed by atoms with van der Waals surface area (Å²) in [6.45, 7) is 5.88. The van der Waals surface area contributed by atoms with Crippen LogP contribution in [0.25, 0.3) is 6.08 Å². The summed E-state index contributed by atoms with van der Waals surface area (Å²) in [5, 5.41) is 0.487. The third-order valence-corrected chi connectivity index (χ3v) is 8.53. The van der Waals surface area contributed by atoms with E-state index in [1.54, 1.807) is 48.8 Å². The van der Waals surface area contributed by atoms with Gasteiger partial charge in [-0.05, 0) is 84.8 Å². The molecule has 0 aliphatic carbocycles. The highest BCUT2D eigenvalue weighted by Gasteiger charge is 2.33. The molecule has 210 valence electrons. The Labute approximate surface area is 258 Å². The highest BCUT2D eigenvalue weighted by Crippen LogP contribution is 2.32. The van der Waals surface area contributed by atoms with Crippen molar-refractivity contribution in [3.8, 4) is 5.75 Å². The van der Waals surface area contributed by atoms with Gasteiger partial charge in [0.05, 0.1) is 32.0 Å². The first-order chi connectivity index (χ1) is 19.7. The number of aromatic nitrogens is 1. The Balaban J connectivity index is 1.64. The van der Waals surface area contributed by atoms with Crippen molar-refractivity contribution in [3.63, 3.8) is 0 Å². The Bertz CT molecular complexity index is 1850. The van der Waals surface area contributed by atoms with Gasteiger partial charge in [0.15, 0.2) is 4.80 Å². The SMILES string of the molecule is CCOC(=O)C1=C(C)N=c2s/c(=C\c3cc(Cl)cc(I)c3OCc3ccc(F)cc3)c(=O)n2[C@@H]1c1ccc(C)cc1.